The number of nitrogens with zero attached hydrogens (tertiary/aromatic N) is 6. The summed E-state index contributed by atoms with van der Waals surface area (Å²) in [6.07, 6.45) is -1.01. The van der Waals surface area contributed by atoms with Crippen LogP contribution >= 0.6 is 11.6 Å². The van der Waals surface area contributed by atoms with Gasteiger partial charge in [-0.1, -0.05) is 23.7 Å². The Balaban J connectivity index is 1.58. The molecule has 2 aromatic carbocycles. The number of alkyl halides is 3. The Kier molecular flexibility index (Phi) is 8.55. The first-order chi connectivity index (χ1) is 18.7. The predicted octanol–water partition coefficient (Wildman–Crippen LogP) is 5.27. The lowest BCUT2D eigenvalue weighted by atomic mass is 9.99. The van der Waals surface area contributed by atoms with Gasteiger partial charge in [-0.25, -0.2) is 5.10 Å². The minimum Gasteiger partial charge on any atom is -0.491 e. The van der Waals surface area contributed by atoms with E-state index in [9.17, 15) is 18.0 Å². The Morgan fingerprint density at radius 1 is 1.18 bits per heavy atom. The van der Waals surface area contributed by atoms with E-state index in [1.807, 2.05) is 0 Å². The van der Waals surface area contributed by atoms with Gasteiger partial charge in [-0.2, -0.15) is 13.2 Å². The van der Waals surface area contributed by atoms with Crippen molar-refractivity contribution in [3.05, 3.63) is 82.4 Å². The van der Waals surface area contributed by atoms with Crippen molar-refractivity contribution >= 4 is 29.4 Å². The number of nitrogens with one attached hydrogen (secondary N) is 1. The van der Waals surface area contributed by atoms with Crippen LogP contribution in [0.3, 0.4) is 0 Å². The molecule has 2 aromatic heterocycles. The summed E-state index contributed by atoms with van der Waals surface area (Å²) in [6.45, 7) is 0.369. The molecule has 2 heterocycles. The lowest BCUT2D eigenvalue weighted by Crippen LogP contribution is -2.26. The summed E-state index contributed by atoms with van der Waals surface area (Å²) in [5.41, 5.74) is 0.567. The van der Waals surface area contributed by atoms with Gasteiger partial charge in [-0.15, -0.1) is 5.10 Å². The number of para-hydroxylation sites is 2. The van der Waals surface area contributed by atoms with Gasteiger partial charge in [0.2, 0.25) is 0 Å². The van der Waals surface area contributed by atoms with Gasteiger partial charge in [-0.05, 0) is 53.2 Å². The van der Waals surface area contributed by atoms with E-state index in [1.165, 1.54) is 30.3 Å². The van der Waals surface area contributed by atoms with Crippen LogP contribution in [0.15, 0.2) is 59.7 Å². The van der Waals surface area contributed by atoms with Gasteiger partial charge >= 0.3 is 6.18 Å². The van der Waals surface area contributed by atoms with E-state index >= 15 is 0 Å². The van der Waals surface area contributed by atoms with Gasteiger partial charge in [0.25, 0.3) is 5.91 Å². The molecule has 0 saturated carbocycles. The highest BCUT2D eigenvalue weighted by Gasteiger charge is 2.33. The predicted molar refractivity (Wildman–Crippen MR) is 140 cm³/mol. The third-order valence-electron chi connectivity index (χ3n) is 5.73. The Labute approximate surface area is 226 Å². The molecule has 1 amide bonds. The van der Waals surface area contributed by atoms with Crippen molar-refractivity contribution < 1.29 is 22.7 Å². The first kappa shape index (κ1) is 27.7. The number of tetrazole rings is 1. The fourth-order valence-corrected chi connectivity index (χ4v) is 4.05. The van der Waals surface area contributed by atoms with E-state index < -0.39 is 11.9 Å². The molecule has 0 unspecified atom stereocenters. The van der Waals surface area contributed by atoms with Crippen LogP contribution < -0.4 is 9.64 Å². The Hall–Kier alpha value is -4.32. The monoisotopic (exact) mass is 557 g/mol. The van der Waals surface area contributed by atoms with Gasteiger partial charge in [0.05, 0.1) is 12.3 Å². The topological polar surface area (TPSA) is 109 Å². The summed E-state index contributed by atoms with van der Waals surface area (Å²) in [5.74, 6) is 0.781. The first-order valence-electron chi connectivity index (χ1n) is 11.7. The van der Waals surface area contributed by atoms with Crippen molar-refractivity contribution in [3.63, 3.8) is 0 Å². The van der Waals surface area contributed by atoms with Crippen LogP contribution in [0.5, 0.6) is 5.75 Å². The van der Waals surface area contributed by atoms with Crippen molar-refractivity contribution in [2.24, 2.45) is 4.99 Å². The highest BCUT2D eigenvalue weighted by molar-refractivity contribution is 6.33. The summed E-state index contributed by atoms with van der Waals surface area (Å²) in [4.78, 5) is 22.3. The molecule has 0 saturated heterocycles. The number of carbonyl (C=O) groups excluding carboxylic acids is 1. The summed E-state index contributed by atoms with van der Waals surface area (Å²) in [7, 11) is 3.05. The number of hydrogen-bond acceptors (Lipinski definition) is 7. The van der Waals surface area contributed by atoms with Crippen molar-refractivity contribution in [1.82, 2.24) is 25.6 Å². The minimum absolute atomic E-state index is 0.166. The number of aliphatic imine (C=N–C) groups is 1. The maximum absolute atomic E-state index is 13.5. The van der Waals surface area contributed by atoms with E-state index in [0.29, 0.717) is 47.8 Å². The molecule has 0 aliphatic carbocycles. The fraction of sp³-hybridized carbons (Fsp3) is 0.231. The normalized spacial score (nSPS) is 11.6. The van der Waals surface area contributed by atoms with Crippen molar-refractivity contribution in [2.75, 3.05) is 25.6 Å². The van der Waals surface area contributed by atoms with Crippen LogP contribution in [0, 0.1) is 0 Å². The van der Waals surface area contributed by atoms with Crippen molar-refractivity contribution in [1.29, 1.82) is 0 Å². The maximum atomic E-state index is 13.5. The summed E-state index contributed by atoms with van der Waals surface area (Å²) in [6, 6.07) is 12.6. The van der Waals surface area contributed by atoms with Crippen molar-refractivity contribution in [2.45, 2.75) is 19.0 Å². The number of aromatic amines is 1. The van der Waals surface area contributed by atoms with E-state index in [4.69, 9.17) is 16.3 Å². The Morgan fingerprint density at radius 2 is 1.97 bits per heavy atom. The fourth-order valence-electron chi connectivity index (χ4n) is 3.83. The van der Waals surface area contributed by atoms with Gasteiger partial charge in [0, 0.05) is 60.2 Å². The molecular formula is C26H23ClF3N7O2. The number of amides is 1. The van der Waals surface area contributed by atoms with Gasteiger partial charge < -0.3 is 9.64 Å². The van der Waals surface area contributed by atoms with Gasteiger partial charge in [0.1, 0.15) is 17.3 Å². The van der Waals surface area contributed by atoms with Gasteiger partial charge in [0.15, 0.2) is 0 Å². The summed E-state index contributed by atoms with van der Waals surface area (Å²) < 4.78 is 45.6. The number of ether oxygens (including phenoxy) is 1. The summed E-state index contributed by atoms with van der Waals surface area (Å²) in [5, 5.41) is 13.8. The first-order valence-corrected chi connectivity index (χ1v) is 12.1. The van der Waals surface area contributed by atoms with E-state index in [2.05, 4.69) is 30.6 Å². The van der Waals surface area contributed by atoms with Crippen LogP contribution in [0.25, 0.3) is 11.1 Å². The SMILES string of the molecule is C/N=C/c1cc(C(F)(F)F)ncc1-c1cc(C(=O)N(C)c2ccccc2OCCCc2nnn[nH]2)ccc1Cl. The Morgan fingerprint density at radius 3 is 2.69 bits per heavy atom. The molecule has 0 bridgehead atoms. The zero-order valence-corrected chi connectivity index (χ0v) is 21.7. The molecule has 0 fully saturated rings. The molecule has 0 atom stereocenters. The second-order valence-corrected chi connectivity index (χ2v) is 8.78. The Bertz CT molecular complexity index is 1480. The smallest absolute Gasteiger partial charge is 0.433 e. The number of carbonyl (C=O) groups is 1. The van der Waals surface area contributed by atoms with Crippen molar-refractivity contribution in [3.8, 4) is 16.9 Å². The maximum Gasteiger partial charge on any atom is 0.433 e. The molecule has 4 rings (SSSR count). The largest absolute Gasteiger partial charge is 0.491 e. The molecule has 39 heavy (non-hydrogen) atoms. The zero-order valence-electron chi connectivity index (χ0n) is 20.9. The molecule has 1 N–H and O–H groups in total. The lowest BCUT2D eigenvalue weighted by molar-refractivity contribution is -0.141. The number of halogens is 4. The second-order valence-electron chi connectivity index (χ2n) is 8.37. The van der Waals surface area contributed by atoms with E-state index in [0.717, 1.165) is 12.3 Å². The highest BCUT2D eigenvalue weighted by atomic mass is 35.5. The van der Waals surface area contributed by atoms with Gasteiger partial charge in [-0.3, -0.25) is 14.8 Å². The number of hydrogen-bond donors (Lipinski definition) is 1. The molecule has 0 aliphatic heterocycles. The zero-order chi connectivity index (χ0) is 28.0. The van der Waals surface area contributed by atoms with Crippen LogP contribution in [0.2, 0.25) is 5.02 Å². The van der Waals surface area contributed by atoms with E-state index in [1.54, 1.807) is 37.4 Å². The number of benzene rings is 2. The lowest BCUT2D eigenvalue weighted by Gasteiger charge is -2.21. The molecule has 0 spiro atoms. The van der Waals surface area contributed by atoms with Crippen LogP contribution in [0.1, 0.15) is 33.9 Å². The number of pyridine rings is 1. The number of anilines is 1. The number of rotatable bonds is 9. The highest BCUT2D eigenvalue weighted by Crippen LogP contribution is 2.35. The third-order valence-corrected chi connectivity index (χ3v) is 6.06. The third kappa shape index (κ3) is 6.58. The number of aryl methyl sites for hydroxylation is 1. The molecular weight excluding hydrogens is 535 g/mol. The molecule has 4 aromatic rings. The molecule has 13 heteroatoms. The average molecular weight is 558 g/mol. The minimum atomic E-state index is -4.62. The number of aromatic nitrogens is 5. The van der Waals surface area contributed by atoms with Crippen LogP contribution in [-0.4, -0.2) is 58.4 Å². The van der Waals surface area contributed by atoms with Crippen LogP contribution in [0.4, 0.5) is 18.9 Å². The number of H-pyrrole nitrogens is 1. The quantitative estimate of drug-likeness (QED) is 0.222. The second kappa shape index (κ2) is 12.0. The van der Waals surface area contributed by atoms with Crippen LogP contribution in [-0.2, 0) is 12.6 Å². The molecule has 202 valence electrons. The average Bonchev–Trinajstić information content (AvgIpc) is 3.44. The molecule has 0 aliphatic rings. The molecule has 9 nitrogen and oxygen atoms in total. The summed E-state index contributed by atoms with van der Waals surface area (Å²) >= 11 is 6.41. The standard InChI is InChI=1S/C26H23ClF3N7O2/c1-31-14-17-13-23(26(28,29)30)32-15-19(17)18-12-16(9-10-20(18)27)25(38)37(2)21-6-3-4-7-22(21)39-11-5-8-24-33-35-36-34-24/h3-4,6-7,9-10,12-15H,5,8,11H2,1-2H3,(H,33,34,35,36)/b31-14+. The molecule has 0 radical (unpaired) electrons. The van der Waals surface area contributed by atoms with E-state index in [-0.39, 0.29) is 22.1 Å².